The maximum Gasteiger partial charge on any atom is -0.0173 e. The van der Waals surface area contributed by atoms with Crippen molar-refractivity contribution in [2.24, 2.45) is 43.3 Å². The second kappa shape index (κ2) is 4.51. The lowest BCUT2D eigenvalue weighted by molar-refractivity contribution is -0.0395. The Morgan fingerprint density at radius 1 is 0.467 bits per heavy atom. The summed E-state index contributed by atoms with van der Waals surface area (Å²) < 4.78 is 0. The molecule has 1 radical (unpaired) electrons. The number of hydrogen-bond donors (Lipinski definition) is 0. The normalized spacial score (nSPS) is 42.7. The van der Waals surface area contributed by atoms with Crippen LogP contribution in [0.5, 0.6) is 0 Å². The molecule has 0 heteroatoms. The first-order chi connectivity index (χ1) is 14.6. The van der Waals surface area contributed by atoms with Crippen LogP contribution in [0, 0.1) is 49.2 Å². The molecule has 0 bridgehead atoms. The van der Waals surface area contributed by atoms with Gasteiger partial charge in [0.25, 0.3) is 0 Å². The van der Waals surface area contributed by atoms with Gasteiger partial charge in [-0.3, -0.25) is 0 Å². The molecule has 9 aliphatic rings. The second-order valence-corrected chi connectivity index (χ2v) is 14.7. The predicted molar refractivity (Wildman–Crippen MR) is 121 cm³/mol. The minimum atomic E-state index is 0.809. The molecule has 0 aromatic rings. The second-order valence-electron chi connectivity index (χ2n) is 14.7. The lowest BCUT2D eigenvalue weighted by Crippen LogP contribution is -2.47. The maximum atomic E-state index is 2.48. The highest BCUT2D eigenvalue weighted by molar-refractivity contribution is 5.44. The summed E-state index contributed by atoms with van der Waals surface area (Å²) >= 11 is 0. The highest BCUT2D eigenvalue weighted by Gasteiger charge is 2.93. The molecule has 0 amide bonds. The molecule has 9 saturated carbocycles. The van der Waals surface area contributed by atoms with Gasteiger partial charge in [0, 0.05) is 0 Å². The van der Waals surface area contributed by atoms with Crippen LogP contribution in [0.4, 0.5) is 0 Å². The van der Waals surface area contributed by atoms with Crippen molar-refractivity contribution in [2.45, 2.75) is 135 Å². The first-order valence-electron chi connectivity index (χ1n) is 14.4. The van der Waals surface area contributed by atoms with Crippen molar-refractivity contribution < 1.29 is 0 Å². The van der Waals surface area contributed by atoms with E-state index in [9.17, 15) is 0 Å². The fraction of sp³-hybridized carbons (Fsp3) is 0.967. The quantitative estimate of drug-likeness (QED) is 0.343. The lowest BCUT2D eigenvalue weighted by Gasteiger charge is -2.51. The first kappa shape index (κ1) is 17.5. The van der Waals surface area contributed by atoms with E-state index in [0.29, 0.717) is 0 Å². The van der Waals surface area contributed by atoms with E-state index < -0.39 is 0 Å². The average Bonchev–Trinajstić information content (AvgIpc) is 3.59. The molecule has 30 heavy (non-hydrogen) atoms. The van der Waals surface area contributed by atoms with Crippen LogP contribution < -0.4 is 0 Å². The highest BCUT2D eigenvalue weighted by atomic mass is 15.0. The Kier molecular flexibility index (Phi) is 2.63. The monoisotopic (exact) mass is 403 g/mol. The highest BCUT2D eigenvalue weighted by Crippen LogP contribution is 3.01. The Balaban J connectivity index is 1.13. The molecule has 0 heterocycles. The van der Waals surface area contributed by atoms with Gasteiger partial charge >= 0.3 is 0 Å². The molecule has 0 aromatic carbocycles. The van der Waals surface area contributed by atoms with Gasteiger partial charge in [0.05, 0.1) is 0 Å². The summed E-state index contributed by atoms with van der Waals surface area (Å²) in [6.07, 6.45) is 32.4. The minimum Gasteiger partial charge on any atom is -0.0654 e. The summed E-state index contributed by atoms with van der Waals surface area (Å²) in [6, 6.07) is 0. The molecule has 0 atom stereocenters. The molecular formula is C30H43. The SMILES string of the molecule is CCCC1(C2(C3(C4(C5(C6(C7(C8([C]9CC9)CC8)CC7)CC6)CC5)CC4)CC3)CC2)CC1. The van der Waals surface area contributed by atoms with Gasteiger partial charge in [-0.1, -0.05) is 13.3 Å². The molecule has 9 fully saturated rings. The molecule has 0 aliphatic heterocycles. The summed E-state index contributed by atoms with van der Waals surface area (Å²) in [6.45, 7) is 2.48. The Labute approximate surface area is 184 Å². The largest absolute Gasteiger partial charge is 0.0654 e. The maximum absolute atomic E-state index is 2.48. The van der Waals surface area contributed by atoms with E-state index in [-0.39, 0.29) is 0 Å². The molecule has 9 rings (SSSR count). The van der Waals surface area contributed by atoms with E-state index in [1.54, 1.807) is 109 Å². The van der Waals surface area contributed by atoms with Crippen molar-refractivity contribution in [1.82, 2.24) is 0 Å². The predicted octanol–water partition coefficient (Wildman–Crippen LogP) is 8.40. The molecule has 0 aromatic heterocycles. The third kappa shape index (κ3) is 1.52. The van der Waals surface area contributed by atoms with Gasteiger partial charge in [0.2, 0.25) is 0 Å². The van der Waals surface area contributed by atoms with Crippen LogP contribution in [-0.4, -0.2) is 0 Å². The van der Waals surface area contributed by atoms with Gasteiger partial charge in [0.15, 0.2) is 0 Å². The lowest BCUT2D eigenvalue weighted by atomic mass is 9.52. The zero-order chi connectivity index (χ0) is 19.7. The van der Waals surface area contributed by atoms with Crippen LogP contribution in [0.1, 0.15) is 135 Å². The molecule has 0 nitrogen and oxygen atoms in total. The fourth-order valence-corrected chi connectivity index (χ4v) is 12.8. The zero-order valence-corrected chi connectivity index (χ0v) is 19.6. The van der Waals surface area contributed by atoms with Gasteiger partial charge in [-0.05, 0) is 171 Å². The summed E-state index contributed by atoms with van der Waals surface area (Å²) in [4.78, 5) is 0. The van der Waals surface area contributed by atoms with Crippen LogP contribution in [0.3, 0.4) is 0 Å². The van der Waals surface area contributed by atoms with Crippen molar-refractivity contribution in [3.8, 4) is 0 Å². The van der Waals surface area contributed by atoms with Crippen LogP contribution >= 0.6 is 0 Å². The first-order valence-corrected chi connectivity index (χ1v) is 14.4. The molecule has 0 spiro atoms. The number of hydrogen-bond acceptors (Lipinski definition) is 0. The van der Waals surface area contributed by atoms with Gasteiger partial charge < -0.3 is 0 Å². The fourth-order valence-electron chi connectivity index (χ4n) is 12.8. The van der Waals surface area contributed by atoms with E-state index >= 15 is 0 Å². The van der Waals surface area contributed by atoms with E-state index in [0.717, 1.165) is 43.3 Å². The Bertz CT molecular complexity index is 821. The van der Waals surface area contributed by atoms with Gasteiger partial charge in [-0.2, -0.15) is 0 Å². The standard InChI is InChI=1S/C30H43/c1-2-5-23(6-7-23)25(10-11-25)27(14-15-27)29(18-19-29)30(20-21-30)28(16-17-28)26(12-13-26)24(8-9-24)22-3-4-22/h2-21H2,1H3. The number of rotatable bonds is 10. The Morgan fingerprint density at radius 3 is 1.17 bits per heavy atom. The van der Waals surface area contributed by atoms with Crippen molar-refractivity contribution in [3.63, 3.8) is 0 Å². The van der Waals surface area contributed by atoms with Crippen molar-refractivity contribution in [2.75, 3.05) is 0 Å². The average molecular weight is 404 g/mol. The molecule has 0 saturated heterocycles. The van der Waals surface area contributed by atoms with Crippen LogP contribution in [0.25, 0.3) is 0 Å². The Morgan fingerprint density at radius 2 is 0.867 bits per heavy atom. The third-order valence-electron chi connectivity index (χ3n) is 14.5. The zero-order valence-electron chi connectivity index (χ0n) is 19.6. The van der Waals surface area contributed by atoms with Gasteiger partial charge in [-0.15, -0.1) is 0 Å². The van der Waals surface area contributed by atoms with Crippen LogP contribution in [-0.2, 0) is 0 Å². The summed E-state index contributed by atoms with van der Waals surface area (Å²) in [7, 11) is 0. The van der Waals surface area contributed by atoms with Crippen molar-refractivity contribution >= 4 is 0 Å². The smallest absolute Gasteiger partial charge is 0.0173 e. The van der Waals surface area contributed by atoms with Gasteiger partial charge in [-0.25, -0.2) is 0 Å². The molecule has 0 unspecified atom stereocenters. The van der Waals surface area contributed by atoms with Crippen molar-refractivity contribution in [1.29, 1.82) is 0 Å². The van der Waals surface area contributed by atoms with Crippen LogP contribution in [0.15, 0.2) is 0 Å². The molecule has 163 valence electrons. The van der Waals surface area contributed by atoms with Crippen LogP contribution in [0.2, 0.25) is 0 Å². The van der Waals surface area contributed by atoms with E-state index in [2.05, 4.69) is 12.8 Å². The van der Waals surface area contributed by atoms with E-state index in [1.807, 2.05) is 0 Å². The van der Waals surface area contributed by atoms with E-state index in [4.69, 9.17) is 0 Å². The summed E-state index contributed by atoms with van der Waals surface area (Å²) in [5, 5.41) is 0. The molecular weight excluding hydrogens is 360 g/mol. The summed E-state index contributed by atoms with van der Waals surface area (Å²) in [5.74, 6) is 2.08. The minimum absolute atomic E-state index is 0.809. The van der Waals surface area contributed by atoms with E-state index in [1.165, 1.54) is 19.3 Å². The molecule has 9 aliphatic carbocycles. The molecule has 0 N–H and O–H groups in total. The summed E-state index contributed by atoms with van der Waals surface area (Å²) in [5.41, 5.74) is 6.70. The third-order valence-corrected chi connectivity index (χ3v) is 14.5. The topological polar surface area (TPSA) is 0 Å². The Hall–Kier alpha value is 0. The van der Waals surface area contributed by atoms with Crippen molar-refractivity contribution in [3.05, 3.63) is 5.92 Å². The van der Waals surface area contributed by atoms with Gasteiger partial charge in [0.1, 0.15) is 0 Å².